The van der Waals surface area contributed by atoms with Gasteiger partial charge in [-0.05, 0) is 37.5 Å². The van der Waals surface area contributed by atoms with Gasteiger partial charge in [-0.1, -0.05) is 20.3 Å². The molecule has 0 aliphatic carbocycles. The molecule has 6 nitrogen and oxygen atoms in total. The molecule has 21 heavy (non-hydrogen) atoms. The number of carboxylic acid groups (broad SMARTS) is 1. The molecular formula is C14H21NO5S. The number of aryl methyl sites for hydroxylation is 1. The van der Waals surface area contributed by atoms with Gasteiger partial charge in [0.05, 0.1) is 4.90 Å². The molecule has 2 unspecified atom stereocenters. The smallest absolute Gasteiger partial charge is 0.339 e. The van der Waals surface area contributed by atoms with Gasteiger partial charge in [0.1, 0.15) is 11.3 Å². The number of hydrogen-bond donors (Lipinski definition) is 3. The van der Waals surface area contributed by atoms with E-state index >= 15 is 0 Å². The fourth-order valence-electron chi connectivity index (χ4n) is 1.91. The van der Waals surface area contributed by atoms with E-state index in [9.17, 15) is 18.3 Å². The van der Waals surface area contributed by atoms with Crippen LogP contribution in [0.25, 0.3) is 0 Å². The molecule has 0 amide bonds. The molecule has 0 saturated heterocycles. The van der Waals surface area contributed by atoms with Gasteiger partial charge in [-0.15, -0.1) is 0 Å². The van der Waals surface area contributed by atoms with E-state index in [0.717, 1.165) is 18.6 Å². The first-order chi connectivity index (χ1) is 9.60. The van der Waals surface area contributed by atoms with Gasteiger partial charge in [-0.25, -0.2) is 17.9 Å². The number of carbonyl (C=O) groups is 1. The number of benzene rings is 1. The second kappa shape index (κ2) is 6.44. The first-order valence-electron chi connectivity index (χ1n) is 6.69. The Morgan fingerprint density at radius 2 is 1.90 bits per heavy atom. The minimum Gasteiger partial charge on any atom is -0.507 e. The normalized spacial score (nSPS) is 14.7. The highest BCUT2D eigenvalue weighted by molar-refractivity contribution is 7.89. The lowest BCUT2D eigenvalue weighted by atomic mass is 10.0. The molecule has 0 radical (unpaired) electrons. The van der Waals surface area contributed by atoms with E-state index in [1.165, 1.54) is 6.92 Å². The van der Waals surface area contributed by atoms with Crippen molar-refractivity contribution in [1.29, 1.82) is 0 Å². The Balaban J connectivity index is 3.26. The van der Waals surface area contributed by atoms with E-state index in [1.807, 2.05) is 13.8 Å². The van der Waals surface area contributed by atoms with Gasteiger partial charge >= 0.3 is 5.97 Å². The van der Waals surface area contributed by atoms with Crippen LogP contribution in [0.2, 0.25) is 0 Å². The SMILES string of the molecule is CCC(C)C(C)NS(=O)(=O)c1cc(C(=O)O)c(O)cc1C. The summed E-state index contributed by atoms with van der Waals surface area (Å²) < 4.78 is 27.3. The maximum absolute atomic E-state index is 12.4. The second-order valence-electron chi connectivity index (χ2n) is 5.24. The number of nitrogens with one attached hydrogen (secondary N) is 1. The maximum atomic E-state index is 12.4. The van der Waals surface area contributed by atoms with Crippen LogP contribution < -0.4 is 4.72 Å². The van der Waals surface area contributed by atoms with Crippen LogP contribution in [0.3, 0.4) is 0 Å². The van der Waals surface area contributed by atoms with Crippen LogP contribution in [0.15, 0.2) is 17.0 Å². The summed E-state index contributed by atoms with van der Waals surface area (Å²) in [5.74, 6) is -1.68. The van der Waals surface area contributed by atoms with Crippen molar-refractivity contribution >= 4 is 16.0 Å². The topological polar surface area (TPSA) is 104 Å². The molecule has 0 aliphatic rings. The summed E-state index contributed by atoms with van der Waals surface area (Å²) in [6.45, 7) is 7.16. The molecule has 0 aromatic heterocycles. The number of sulfonamides is 1. The van der Waals surface area contributed by atoms with Crippen molar-refractivity contribution in [2.24, 2.45) is 5.92 Å². The van der Waals surface area contributed by atoms with Crippen LogP contribution in [-0.2, 0) is 10.0 Å². The van der Waals surface area contributed by atoms with Gasteiger partial charge in [0, 0.05) is 6.04 Å². The molecule has 0 spiro atoms. The van der Waals surface area contributed by atoms with Gasteiger partial charge in [0.2, 0.25) is 10.0 Å². The zero-order valence-electron chi connectivity index (χ0n) is 12.5. The predicted octanol–water partition coefficient (Wildman–Crippen LogP) is 2.11. The van der Waals surface area contributed by atoms with Crippen molar-refractivity contribution in [2.75, 3.05) is 0 Å². The van der Waals surface area contributed by atoms with Crippen molar-refractivity contribution in [1.82, 2.24) is 4.72 Å². The minimum absolute atomic E-state index is 0.132. The van der Waals surface area contributed by atoms with E-state index in [-0.39, 0.29) is 16.9 Å². The number of phenols is 1. The first kappa shape index (κ1) is 17.5. The van der Waals surface area contributed by atoms with E-state index in [1.54, 1.807) is 6.92 Å². The Kier molecular flexibility index (Phi) is 5.36. The van der Waals surface area contributed by atoms with Crippen LogP contribution in [0.1, 0.15) is 43.1 Å². The highest BCUT2D eigenvalue weighted by atomic mass is 32.2. The minimum atomic E-state index is -3.84. The summed E-state index contributed by atoms with van der Waals surface area (Å²) in [4.78, 5) is 10.9. The zero-order chi connectivity index (χ0) is 16.4. The van der Waals surface area contributed by atoms with Gasteiger partial charge < -0.3 is 10.2 Å². The van der Waals surface area contributed by atoms with E-state index in [2.05, 4.69) is 4.72 Å². The van der Waals surface area contributed by atoms with E-state index in [4.69, 9.17) is 5.11 Å². The molecule has 0 fully saturated rings. The molecule has 0 aliphatic heterocycles. The summed E-state index contributed by atoms with van der Waals surface area (Å²) in [7, 11) is -3.84. The third kappa shape index (κ3) is 3.95. The summed E-state index contributed by atoms with van der Waals surface area (Å²) >= 11 is 0. The molecule has 3 N–H and O–H groups in total. The monoisotopic (exact) mass is 315 g/mol. The number of carboxylic acids is 1. The fourth-order valence-corrected chi connectivity index (χ4v) is 3.52. The first-order valence-corrected chi connectivity index (χ1v) is 8.17. The highest BCUT2D eigenvalue weighted by Gasteiger charge is 2.24. The highest BCUT2D eigenvalue weighted by Crippen LogP contribution is 2.26. The fraction of sp³-hybridized carbons (Fsp3) is 0.500. The van der Waals surface area contributed by atoms with Crippen molar-refractivity contribution < 1.29 is 23.4 Å². The lowest BCUT2D eigenvalue weighted by Gasteiger charge is -2.20. The molecular weight excluding hydrogens is 294 g/mol. The van der Waals surface area contributed by atoms with Crippen LogP contribution >= 0.6 is 0 Å². The third-order valence-corrected chi connectivity index (χ3v) is 5.35. The maximum Gasteiger partial charge on any atom is 0.339 e. The summed E-state index contributed by atoms with van der Waals surface area (Å²) in [6, 6.07) is 1.85. The number of hydrogen-bond acceptors (Lipinski definition) is 4. The second-order valence-corrected chi connectivity index (χ2v) is 6.92. The summed E-state index contributed by atoms with van der Waals surface area (Å²) in [5, 5.41) is 18.5. The quantitative estimate of drug-likeness (QED) is 0.746. The molecule has 0 heterocycles. The van der Waals surface area contributed by atoms with Crippen LogP contribution in [0.4, 0.5) is 0 Å². The Morgan fingerprint density at radius 1 is 1.33 bits per heavy atom. The van der Waals surface area contributed by atoms with Crippen molar-refractivity contribution in [3.05, 3.63) is 23.3 Å². The lowest BCUT2D eigenvalue weighted by Crippen LogP contribution is -2.37. The molecule has 1 aromatic rings. The van der Waals surface area contributed by atoms with Crippen LogP contribution in [0.5, 0.6) is 5.75 Å². The Bertz CT molecular complexity index is 639. The van der Waals surface area contributed by atoms with Gasteiger partial charge in [0.15, 0.2) is 0 Å². The van der Waals surface area contributed by atoms with Crippen molar-refractivity contribution in [3.8, 4) is 5.75 Å². The van der Waals surface area contributed by atoms with Crippen molar-refractivity contribution in [3.63, 3.8) is 0 Å². The number of aromatic hydroxyl groups is 1. The average Bonchev–Trinajstić information content (AvgIpc) is 2.36. The molecule has 1 aromatic carbocycles. The number of aromatic carboxylic acids is 1. The molecule has 0 saturated carbocycles. The standard InChI is InChI=1S/C14H21NO5S/c1-5-8(2)10(4)15-21(19,20)13-7-11(14(17)18)12(16)6-9(13)3/h6-8,10,15-16H,5H2,1-4H3,(H,17,18). The van der Waals surface area contributed by atoms with Crippen molar-refractivity contribution in [2.45, 2.75) is 45.1 Å². The molecule has 0 bridgehead atoms. The van der Waals surface area contributed by atoms with E-state index in [0.29, 0.717) is 5.56 Å². The largest absolute Gasteiger partial charge is 0.507 e. The lowest BCUT2D eigenvalue weighted by molar-refractivity contribution is 0.0693. The molecule has 2 atom stereocenters. The van der Waals surface area contributed by atoms with Gasteiger partial charge in [0.25, 0.3) is 0 Å². The van der Waals surface area contributed by atoms with Crippen LogP contribution in [0, 0.1) is 12.8 Å². The van der Waals surface area contributed by atoms with E-state index < -0.39 is 27.3 Å². The van der Waals surface area contributed by atoms with Gasteiger partial charge in [-0.3, -0.25) is 0 Å². The third-order valence-electron chi connectivity index (χ3n) is 3.65. The van der Waals surface area contributed by atoms with Crippen LogP contribution in [-0.4, -0.2) is 30.6 Å². The zero-order valence-corrected chi connectivity index (χ0v) is 13.4. The predicted molar refractivity (Wildman–Crippen MR) is 79.0 cm³/mol. The molecule has 1 rings (SSSR count). The van der Waals surface area contributed by atoms with Gasteiger partial charge in [-0.2, -0.15) is 0 Å². The number of rotatable bonds is 6. The summed E-state index contributed by atoms with van der Waals surface area (Å²) in [5.41, 5.74) is -0.140. The Labute approximate surface area is 124 Å². The molecule has 118 valence electrons. The average molecular weight is 315 g/mol. The summed E-state index contributed by atoms with van der Waals surface area (Å²) in [6.07, 6.45) is 0.818. The Morgan fingerprint density at radius 3 is 2.38 bits per heavy atom. The Hall–Kier alpha value is -1.60. The molecule has 7 heteroatoms.